The highest BCUT2D eigenvalue weighted by molar-refractivity contribution is 6.10. The van der Waals surface area contributed by atoms with Gasteiger partial charge in [-0.1, -0.05) is 60.2 Å². The van der Waals surface area contributed by atoms with Gasteiger partial charge >= 0.3 is 0 Å². The van der Waals surface area contributed by atoms with Gasteiger partial charge in [-0.15, -0.1) is 0 Å². The molecule has 0 radical (unpaired) electrons. The number of nitrogens with zero attached hydrogens (tertiary/aromatic N) is 1. The van der Waals surface area contributed by atoms with Crippen molar-refractivity contribution in [3.05, 3.63) is 101 Å². The Labute approximate surface area is 159 Å². The standard InChI is InChI=1S/C23H22N2O2/c1-17-9-8-12-19(15-17)23(27)25(2)21-14-7-6-13-20(21)22(26)24-16-18-10-4-3-5-11-18/h3-15H,16H2,1-2H3,(H,24,26). The maximum atomic E-state index is 12.8. The van der Waals surface area contributed by atoms with Crippen molar-refractivity contribution in [3.8, 4) is 0 Å². The third-order valence-corrected chi connectivity index (χ3v) is 4.38. The fraction of sp³-hybridized carbons (Fsp3) is 0.130. The van der Waals surface area contributed by atoms with E-state index in [1.165, 1.54) is 4.90 Å². The number of anilines is 1. The second-order valence-corrected chi connectivity index (χ2v) is 6.42. The number of para-hydroxylation sites is 1. The number of rotatable bonds is 5. The molecule has 0 bridgehead atoms. The number of carbonyl (C=O) groups is 2. The monoisotopic (exact) mass is 358 g/mol. The summed E-state index contributed by atoms with van der Waals surface area (Å²) >= 11 is 0. The zero-order chi connectivity index (χ0) is 19.2. The molecular formula is C23H22N2O2. The van der Waals surface area contributed by atoms with E-state index >= 15 is 0 Å². The van der Waals surface area contributed by atoms with Crippen molar-refractivity contribution >= 4 is 17.5 Å². The molecule has 0 atom stereocenters. The number of nitrogens with one attached hydrogen (secondary N) is 1. The van der Waals surface area contributed by atoms with Crippen molar-refractivity contribution < 1.29 is 9.59 Å². The van der Waals surface area contributed by atoms with Gasteiger partial charge in [-0.2, -0.15) is 0 Å². The Morgan fingerprint density at radius 1 is 0.889 bits per heavy atom. The number of hydrogen-bond donors (Lipinski definition) is 1. The molecule has 0 unspecified atom stereocenters. The van der Waals surface area contributed by atoms with Crippen LogP contribution in [0.2, 0.25) is 0 Å². The molecule has 3 rings (SSSR count). The number of aryl methyl sites for hydroxylation is 1. The molecule has 4 nitrogen and oxygen atoms in total. The summed E-state index contributed by atoms with van der Waals surface area (Å²) in [4.78, 5) is 27.1. The molecule has 136 valence electrons. The molecule has 3 aromatic rings. The largest absolute Gasteiger partial charge is 0.348 e. The Morgan fingerprint density at radius 3 is 2.33 bits per heavy atom. The summed E-state index contributed by atoms with van der Waals surface area (Å²) in [6.07, 6.45) is 0. The molecule has 0 spiro atoms. The van der Waals surface area contributed by atoms with Gasteiger partial charge in [0.1, 0.15) is 0 Å². The average molecular weight is 358 g/mol. The van der Waals surface area contributed by atoms with Crippen molar-refractivity contribution in [3.63, 3.8) is 0 Å². The first-order valence-corrected chi connectivity index (χ1v) is 8.82. The van der Waals surface area contributed by atoms with Crippen LogP contribution in [-0.2, 0) is 6.54 Å². The molecule has 0 heterocycles. The summed E-state index contributed by atoms with van der Waals surface area (Å²) in [5.41, 5.74) is 3.68. The van der Waals surface area contributed by atoms with Crippen molar-refractivity contribution in [2.24, 2.45) is 0 Å². The zero-order valence-corrected chi connectivity index (χ0v) is 15.5. The molecule has 3 aromatic carbocycles. The summed E-state index contributed by atoms with van der Waals surface area (Å²) in [6, 6.07) is 24.3. The van der Waals surface area contributed by atoms with Crippen LogP contribution in [0.25, 0.3) is 0 Å². The Morgan fingerprint density at radius 2 is 1.59 bits per heavy atom. The van der Waals surface area contributed by atoms with Crippen LogP contribution in [0.3, 0.4) is 0 Å². The van der Waals surface area contributed by atoms with Crippen molar-refractivity contribution in [1.82, 2.24) is 5.32 Å². The molecule has 2 amide bonds. The molecule has 1 N–H and O–H groups in total. The van der Waals surface area contributed by atoms with Crippen LogP contribution in [0.1, 0.15) is 31.8 Å². The normalized spacial score (nSPS) is 10.3. The lowest BCUT2D eigenvalue weighted by Crippen LogP contribution is -2.30. The van der Waals surface area contributed by atoms with E-state index in [2.05, 4.69) is 5.32 Å². The van der Waals surface area contributed by atoms with E-state index in [9.17, 15) is 9.59 Å². The molecule has 0 aliphatic rings. The summed E-state index contributed by atoms with van der Waals surface area (Å²) in [7, 11) is 1.69. The molecule has 0 saturated heterocycles. The van der Waals surface area contributed by atoms with E-state index in [0.717, 1.165) is 11.1 Å². The third kappa shape index (κ3) is 4.42. The minimum absolute atomic E-state index is 0.151. The first-order chi connectivity index (χ1) is 13.1. The first-order valence-electron chi connectivity index (χ1n) is 8.82. The van der Waals surface area contributed by atoms with Gasteiger partial charge in [-0.25, -0.2) is 0 Å². The van der Waals surface area contributed by atoms with Gasteiger partial charge in [-0.05, 0) is 36.8 Å². The quantitative estimate of drug-likeness (QED) is 0.743. The first kappa shape index (κ1) is 18.4. The Kier molecular flexibility index (Phi) is 5.67. The van der Waals surface area contributed by atoms with Crippen LogP contribution in [0.4, 0.5) is 5.69 Å². The van der Waals surface area contributed by atoms with Crippen LogP contribution in [-0.4, -0.2) is 18.9 Å². The molecule has 27 heavy (non-hydrogen) atoms. The van der Waals surface area contributed by atoms with E-state index < -0.39 is 0 Å². The van der Waals surface area contributed by atoms with E-state index in [1.807, 2.05) is 61.5 Å². The maximum Gasteiger partial charge on any atom is 0.258 e. The van der Waals surface area contributed by atoms with Crippen molar-refractivity contribution in [2.75, 3.05) is 11.9 Å². The minimum Gasteiger partial charge on any atom is -0.348 e. The van der Waals surface area contributed by atoms with Crippen LogP contribution in [0.5, 0.6) is 0 Å². The molecule has 0 aliphatic heterocycles. The highest BCUT2D eigenvalue weighted by Crippen LogP contribution is 2.21. The summed E-state index contributed by atoms with van der Waals surface area (Å²) < 4.78 is 0. The van der Waals surface area contributed by atoms with E-state index in [0.29, 0.717) is 23.4 Å². The molecule has 0 fully saturated rings. The van der Waals surface area contributed by atoms with E-state index in [4.69, 9.17) is 0 Å². The van der Waals surface area contributed by atoms with Crippen LogP contribution >= 0.6 is 0 Å². The number of amides is 2. The Hall–Kier alpha value is -3.40. The van der Waals surface area contributed by atoms with Crippen molar-refractivity contribution in [1.29, 1.82) is 0 Å². The molecule has 0 aromatic heterocycles. The van der Waals surface area contributed by atoms with Gasteiger partial charge < -0.3 is 10.2 Å². The molecule has 0 aliphatic carbocycles. The van der Waals surface area contributed by atoms with Gasteiger partial charge in [0.05, 0.1) is 11.3 Å². The van der Waals surface area contributed by atoms with Crippen LogP contribution in [0.15, 0.2) is 78.9 Å². The third-order valence-electron chi connectivity index (χ3n) is 4.38. The SMILES string of the molecule is Cc1cccc(C(=O)N(C)c2ccccc2C(=O)NCc2ccccc2)c1. The lowest BCUT2D eigenvalue weighted by atomic mass is 10.1. The average Bonchev–Trinajstić information content (AvgIpc) is 2.71. The topological polar surface area (TPSA) is 49.4 Å². The fourth-order valence-electron chi connectivity index (χ4n) is 2.91. The summed E-state index contributed by atoms with van der Waals surface area (Å²) in [5, 5.41) is 2.92. The van der Waals surface area contributed by atoms with Gasteiger partial charge in [0.2, 0.25) is 0 Å². The maximum absolute atomic E-state index is 12.8. The van der Waals surface area contributed by atoms with Crippen LogP contribution < -0.4 is 10.2 Å². The lowest BCUT2D eigenvalue weighted by Gasteiger charge is -2.20. The second kappa shape index (κ2) is 8.32. The smallest absolute Gasteiger partial charge is 0.258 e. The number of benzene rings is 3. The summed E-state index contributed by atoms with van der Waals surface area (Å²) in [5.74, 6) is -0.361. The molecular weight excluding hydrogens is 336 g/mol. The Balaban J connectivity index is 1.80. The number of hydrogen-bond acceptors (Lipinski definition) is 2. The fourth-order valence-corrected chi connectivity index (χ4v) is 2.91. The second-order valence-electron chi connectivity index (χ2n) is 6.42. The molecule has 0 saturated carbocycles. The van der Waals surface area contributed by atoms with Gasteiger partial charge in [0.25, 0.3) is 11.8 Å². The molecule has 4 heteroatoms. The van der Waals surface area contributed by atoms with E-state index in [1.54, 1.807) is 31.3 Å². The van der Waals surface area contributed by atoms with Crippen LogP contribution in [0, 0.1) is 6.92 Å². The lowest BCUT2D eigenvalue weighted by molar-refractivity contribution is 0.0951. The van der Waals surface area contributed by atoms with Gasteiger partial charge in [-0.3, -0.25) is 9.59 Å². The highest BCUT2D eigenvalue weighted by Gasteiger charge is 2.19. The predicted octanol–water partition coefficient (Wildman–Crippen LogP) is 4.20. The highest BCUT2D eigenvalue weighted by atomic mass is 16.2. The van der Waals surface area contributed by atoms with Gasteiger partial charge in [0.15, 0.2) is 0 Å². The minimum atomic E-state index is -0.210. The van der Waals surface area contributed by atoms with E-state index in [-0.39, 0.29) is 11.8 Å². The van der Waals surface area contributed by atoms with Gasteiger partial charge in [0, 0.05) is 19.2 Å². The van der Waals surface area contributed by atoms with Crippen molar-refractivity contribution in [2.45, 2.75) is 13.5 Å². The predicted molar refractivity (Wildman–Crippen MR) is 108 cm³/mol. The Bertz CT molecular complexity index is 951. The zero-order valence-electron chi connectivity index (χ0n) is 15.5. The summed E-state index contributed by atoms with van der Waals surface area (Å²) in [6.45, 7) is 2.38. The number of carbonyl (C=O) groups excluding carboxylic acids is 2.